The number of phenols is 1. The summed E-state index contributed by atoms with van der Waals surface area (Å²) in [4.78, 5) is 0. The van der Waals surface area contributed by atoms with Crippen molar-refractivity contribution < 1.29 is 18.3 Å². The topological polar surface area (TPSA) is 32.3 Å². The smallest absolute Gasteiger partial charge is 0.351 e. The van der Waals surface area contributed by atoms with Crippen LogP contribution in [0.3, 0.4) is 0 Å². The molecule has 0 aliphatic carbocycles. The standard InChI is InChI=1S/C8H7ClF3NO/c9-6-3-5(1-2-7(6)14)13-8(11,12)4-10/h1-3,13-14H,4H2. The molecule has 1 aromatic rings. The lowest BCUT2D eigenvalue weighted by Crippen LogP contribution is -2.29. The van der Waals surface area contributed by atoms with Crippen LogP contribution >= 0.6 is 11.6 Å². The second kappa shape index (κ2) is 3.96. The van der Waals surface area contributed by atoms with Crippen molar-refractivity contribution in [3.05, 3.63) is 23.2 Å². The largest absolute Gasteiger partial charge is 0.506 e. The van der Waals surface area contributed by atoms with Gasteiger partial charge in [-0.05, 0) is 18.2 Å². The molecule has 6 heteroatoms. The van der Waals surface area contributed by atoms with E-state index < -0.39 is 12.7 Å². The van der Waals surface area contributed by atoms with E-state index in [0.29, 0.717) is 0 Å². The van der Waals surface area contributed by atoms with Crippen molar-refractivity contribution in [2.75, 3.05) is 12.0 Å². The van der Waals surface area contributed by atoms with Gasteiger partial charge in [-0.1, -0.05) is 11.6 Å². The lowest BCUT2D eigenvalue weighted by Gasteiger charge is -2.15. The van der Waals surface area contributed by atoms with Gasteiger partial charge in [0.15, 0.2) is 6.67 Å². The van der Waals surface area contributed by atoms with Crippen LogP contribution in [0.25, 0.3) is 0 Å². The van der Waals surface area contributed by atoms with Crippen molar-refractivity contribution in [1.29, 1.82) is 0 Å². The maximum Gasteiger partial charge on any atom is 0.351 e. The third-order valence-electron chi connectivity index (χ3n) is 1.44. The molecule has 0 fully saturated rings. The highest BCUT2D eigenvalue weighted by molar-refractivity contribution is 6.32. The van der Waals surface area contributed by atoms with Crippen molar-refractivity contribution >= 4 is 17.3 Å². The first kappa shape index (κ1) is 11.0. The number of nitrogens with one attached hydrogen (secondary N) is 1. The summed E-state index contributed by atoms with van der Waals surface area (Å²) in [7, 11) is 0. The van der Waals surface area contributed by atoms with E-state index in [-0.39, 0.29) is 16.5 Å². The molecule has 0 aliphatic heterocycles. The van der Waals surface area contributed by atoms with Gasteiger partial charge in [0.2, 0.25) is 0 Å². The molecular formula is C8H7ClF3NO. The van der Waals surface area contributed by atoms with Gasteiger partial charge in [-0.3, -0.25) is 0 Å². The van der Waals surface area contributed by atoms with E-state index in [1.807, 2.05) is 0 Å². The highest BCUT2D eigenvalue weighted by Crippen LogP contribution is 2.28. The number of aromatic hydroxyl groups is 1. The molecular weight excluding hydrogens is 219 g/mol. The first-order valence-electron chi connectivity index (χ1n) is 3.65. The van der Waals surface area contributed by atoms with E-state index >= 15 is 0 Å². The molecule has 2 nitrogen and oxygen atoms in total. The number of alkyl halides is 3. The maximum absolute atomic E-state index is 12.5. The van der Waals surface area contributed by atoms with Gasteiger partial charge in [-0.25, -0.2) is 4.39 Å². The van der Waals surface area contributed by atoms with Gasteiger partial charge < -0.3 is 10.4 Å². The van der Waals surface area contributed by atoms with Crippen LogP contribution in [0.2, 0.25) is 5.02 Å². The SMILES string of the molecule is Oc1ccc(NC(F)(F)CF)cc1Cl. The first-order valence-corrected chi connectivity index (χ1v) is 4.03. The summed E-state index contributed by atoms with van der Waals surface area (Å²) >= 11 is 5.46. The van der Waals surface area contributed by atoms with Crippen LogP contribution in [0.4, 0.5) is 18.9 Å². The first-order chi connectivity index (χ1) is 6.44. The Kier molecular flexibility index (Phi) is 3.10. The van der Waals surface area contributed by atoms with Gasteiger partial charge in [-0.15, -0.1) is 0 Å². The molecule has 0 saturated heterocycles. The van der Waals surface area contributed by atoms with Crippen LogP contribution in [0.5, 0.6) is 5.75 Å². The van der Waals surface area contributed by atoms with Gasteiger partial charge in [0, 0.05) is 5.69 Å². The molecule has 0 amide bonds. The van der Waals surface area contributed by atoms with Gasteiger partial charge in [0.1, 0.15) is 5.75 Å². The zero-order valence-corrected chi connectivity index (χ0v) is 7.65. The Morgan fingerprint density at radius 3 is 2.57 bits per heavy atom. The van der Waals surface area contributed by atoms with E-state index in [2.05, 4.69) is 0 Å². The minimum atomic E-state index is -3.62. The zero-order chi connectivity index (χ0) is 10.8. The van der Waals surface area contributed by atoms with Crippen molar-refractivity contribution in [2.45, 2.75) is 6.05 Å². The fraction of sp³-hybridized carbons (Fsp3) is 0.250. The van der Waals surface area contributed by atoms with Gasteiger partial charge in [0.05, 0.1) is 5.02 Å². The Balaban J connectivity index is 2.83. The second-order valence-electron chi connectivity index (χ2n) is 2.63. The van der Waals surface area contributed by atoms with Gasteiger partial charge in [-0.2, -0.15) is 8.78 Å². The average Bonchev–Trinajstić information content (AvgIpc) is 2.11. The fourth-order valence-corrected chi connectivity index (χ4v) is 1.01. The molecule has 0 atom stereocenters. The monoisotopic (exact) mass is 225 g/mol. The lowest BCUT2D eigenvalue weighted by atomic mass is 10.3. The van der Waals surface area contributed by atoms with Crippen molar-refractivity contribution in [2.24, 2.45) is 0 Å². The summed E-state index contributed by atoms with van der Waals surface area (Å²) in [5.41, 5.74) is -0.0598. The molecule has 14 heavy (non-hydrogen) atoms. The molecule has 1 rings (SSSR count). The Labute approximate surface area is 83.3 Å². The lowest BCUT2D eigenvalue weighted by molar-refractivity contribution is 0.00684. The number of anilines is 1. The number of phenolic OH excluding ortho intramolecular Hbond substituents is 1. The normalized spacial score (nSPS) is 11.4. The number of hydrogen-bond acceptors (Lipinski definition) is 2. The van der Waals surface area contributed by atoms with Crippen molar-refractivity contribution in [3.63, 3.8) is 0 Å². The molecule has 0 spiro atoms. The Hall–Kier alpha value is -1.10. The van der Waals surface area contributed by atoms with Gasteiger partial charge >= 0.3 is 6.05 Å². The van der Waals surface area contributed by atoms with E-state index in [4.69, 9.17) is 16.7 Å². The molecule has 0 heterocycles. The Morgan fingerprint density at radius 2 is 2.07 bits per heavy atom. The molecule has 0 aromatic heterocycles. The van der Waals surface area contributed by atoms with Gasteiger partial charge in [0.25, 0.3) is 0 Å². The van der Waals surface area contributed by atoms with Crippen molar-refractivity contribution in [1.82, 2.24) is 0 Å². The summed E-state index contributed by atoms with van der Waals surface area (Å²) in [6, 6.07) is -0.232. The highest BCUT2D eigenvalue weighted by Gasteiger charge is 2.28. The maximum atomic E-state index is 12.5. The molecule has 0 unspecified atom stereocenters. The van der Waals surface area contributed by atoms with E-state index in [9.17, 15) is 13.2 Å². The summed E-state index contributed by atoms with van der Waals surface area (Å²) in [5.74, 6) is -0.221. The second-order valence-corrected chi connectivity index (χ2v) is 3.04. The Bertz CT molecular complexity index is 332. The predicted molar refractivity (Wildman–Crippen MR) is 47.7 cm³/mol. The van der Waals surface area contributed by atoms with Crippen LogP contribution in [-0.2, 0) is 0 Å². The average molecular weight is 226 g/mol. The zero-order valence-electron chi connectivity index (χ0n) is 6.90. The van der Waals surface area contributed by atoms with E-state index in [1.165, 1.54) is 6.07 Å². The third-order valence-corrected chi connectivity index (χ3v) is 1.75. The Morgan fingerprint density at radius 1 is 1.43 bits per heavy atom. The number of halogens is 4. The summed E-state index contributed by atoms with van der Waals surface area (Å²) in [6.45, 7) is -1.81. The number of rotatable bonds is 3. The molecule has 0 radical (unpaired) electrons. The van der Waals surface area contributed by atoms with Crippen molar-refractivity contribution in [3.8, 4) is 5.75 Å². The molecule has 2 N–H and O–H groups in total. The number of benzene rings is 1. The molecule has 0 saturated carbocycles. The molecule has 0 aliphatic rings. The summed E-state index contributed by atoms with van der Waals surface area (Å²) < 4.78 is 36.7. The van der Waals surface area contributed by atoms with Crippen LogP contribution in [-0.4, -0.2) is 17.8 Å². The van der Waals surface area contributed by atoms with E-state index in [1.54, 1.807) is 5.32 Å². The highest BCUT2D eigenvalue weighted by atomic mass is 35.5. The fourth-order valence-electron chi connectivity index (χ4n) is 0.829. The number of hydrogen-bond donors (Lipinski definition) is 2. The predicted octanol–water partition coefficient (Wildman–Crippen LogP) is 3.02. The van der Waals surface area contributed by atoms with Crippen LogP contribution in [0.1, 0.15) is 0 Å². The molecule has 0 bridgehead atoms. The summed E-state index contributed by atoms with van der Waals surface area (Å²) in [5, 5.41) is 10.5. The molecule has 78 valence electrons. The molecule has 1 aromatic carbocycles. The summed E-state index contributed by atoms with van der Waals surface area (Å²) in [6.07, 6.45) is 0. The quantitative estimate of drug-likeness (QED) is 0.612. The van der Waals surface area contributed by atoms with Crippen LogP contribution in [0.15, 0.2) is 18.2 Å². The van der Waals surface area contributed by atoms with Crippen LogP contribution in [0, 0.1) is 0 Å². The minimum Gasteiger partial charge on any atom is -0.506 e. The minimum absolute atomic E-state index is 0.0598. The van der Waals surface area contributed by atoms with E-state index in [0.717, 1.165) is 12.1 Å². The third kappa shape index (κ3) is 2.70. The van der Waals surface area contributed by atoms with Crippen LogP contribution < -0.4 is 5.32 Å².